The Bertz CT molecular complexity index is 785. The maximum Gasteiger partial charge on any atom is 0.205 e. The van der Waals surface area contributed by atoms with Crippen molar-refractivity contribution in [2.24, 2.45) is 0 Å². The van der Waals surface area contributed by atoms with Crippen LogP contribution in [0.25, 0.3) is 16.7 Å². The molecule has 19 heavy (non-hydrogen) atoms. The van der Waals surface area contributed by atoms with E-state index >= 15 is 0 Å². The lowest BCUT2D eigenvalue weighted by Gasteiger charge is -2.08. The average Bonchev–Trinajstić information content (AvgIpc) is 2.66. The molecular formula is C13H8ClFIN3. The molecule has 0 aliphatic carbocycles. The minimum atomic E-state index is -0.485. The number of anilines is 1. The predicted molar refractivity (Wildman–Crippen MR) is 83.2 cm³/mol. The Kier molecular flexibility index (Phi) is 3.10. The number of imidazole rings is 1. The highest BCUT2D eigenvalue weighted by Gasteiger charge is 2.14. The van der Waals surface area contributed by atoms with Gasteiger partial charge in [0.25, 0.3) is 0 Å². The van der Waals surface area contributed by atoms with E-state index in [0.717, 1.165) is 9.26 Å². The summed E-state index contributed by atoms with van der Waals surface area (Å²) in [5, 5.41) is 0.0416. The summed E-state index contributed by atoms with van der Waals surface area (Å²) in [6, 6.07) is 10.5. The van der Waals surface area contributed by atoms with E-state index in [1.54, 1.807) is 4.57 Å². The Labute approximate surface area is 127 Å². The molecule has 0 aliphatic rings. The molecule has 1 heterocycles. The van der Waals surface area contributed by atoms with Gasteiger partial charge in [0.2, 0.25) is 5.95 Å². The number of benzene rings is 2. The highest BCUT2D eigenvalue weighted by molar-refractivity contribution is 14.1. The van der Waals surface area contributed by atoms with Crippen molar-refractivity contribution in [3.8, 4) is 5.69 Å². The Hall–Kier alpha value is -1.34. The summed E-state index contributed by atoms with van der Waals surface area (Å²) in [5.41, 5.74) is 7.98. The number of fused-ring (bicyclic) bond motifs is 1. The zero-order valence-corrected chi connectivity index (χ0v) is 12.5. The maximum absolute atomic E-state index is 13.6. The van der Waals surface area contributed by atoms with Gasteiger partial charge in [0.1, 0.15) is 5.82 Å². The van der Waals surface area contributed by atoms with Crippen LogP contribution >= 0.6 is 34.2 Å². The lowest BCUT2D eigenvalue weighted by Crippen LogP contribution is -2.02. The van der Waals surface area contributed by atoms with Crippen LogP contribution in [0.2, 0.25) is 5.02 Å². The van der Waals surface area contributed by atoms with E-state index in [1.807, 2.05) is 24.3 Å². The summed E-state index contributed by atoms with van der Waals surface area (Å²) in [6.07, 6.45) is 0. The van der Waals surface area contributed by atoms with Gasteiger partial charge in [-0.25, -0.2) is 9.37 Å². The van der Waals surface area contributed by atoms with E-state index in [-0.39, 0.29) is 5.02 Å². The lowest BCUT2D eigenvalue weighted by molar-refractivity contribution is 0.629. The number of nitrogen functional groups attached to an aromatic ring is 1. The topological polar surface area (TPSA) is 43.8 Å². The quantitative estimate of drug-likeness (QED) is 0.641. The Morgan fingerprint density at radius 3 is 2.74 bits per heavy atom. The minimum Gasteiger partial charge on any atom is -0.369 e. The predicted octanol–water partition coefficient (Wildman–Crippen LogP) is 4.00. The highest BCUT2D eigenvalue weighted by Crippen LogP contribution is 2.29. The number of halogens is 3. The molecule has 3 nitrogen and oxygen atoms in total. The maximum atomic E-state index is 13.6. The Morgan fingerprint density at radius 1 is 1.26 bits per heavy atom. The normalized spacial score (nSPS) is 11.1. The van der Waals surface area contributed by atoms with Crippen molar-refractivity contribution < 1.29 is 4.39 Å². The van der Waals surface area contributed by atoms with E-state index in [2.05, 4.69) is 27.6 Å². The van der Waals surface area contributed by atoms with Crippen molar-refractivity contribution in [1.82, 2.24) is 9.55 Å². The monoisotopic (exact) mass is 387 g/mol. The smallest absolute Gasteiger partial charge is 0.205 e. The van der Waals surface area contributed by atoms with Gasteiger partial charge < -0.3 is 5.73 Å². The number of hydrogen-bond acceptors (Lipinski definition) is 2. The SMILES string of the molecule is Nc1nc2cc(Cl)c(F)cc2n1-c1ccccc1I. The summed E-state index contributed by atoms with van der Waals surface area (Å²) in [7, 11) is 0. The van der Waals surface area contributed by atoms with E-state index in [1.165, 1.54) is 12.1 Å². The molecule has 2 aromatic carbocycles. The lowest BCUT2D eigenvalue weighted by atomic mass is 10.2. The number of rotatable bonds is 1. The van der Waals surface area contributed by atoms with Crippen molar-refractivity contribution in [3.63, 3.8) is 0 Å². The van der Waals surface area contributed by atoms with Crippen molar-refractivity contribution in [2.75, 3.05) is 5.73 Å². The van der Waals surface area contributed by atoms with Crippen LogP contribution in [0, 0.1) is 9.39 Å². The fourth-order valence-corrected chi connectivity index (χ4v) is 2.76. The summed E-state index contributed by atoms with van der Waals surface area (Å²) in [4.78, 5) is 4.22. The molecular weight excluding hydrogens is 380 g/mol. The van der Waals surface area contributed by atoms with Crippen molar-refractivity contribution in [2.45, 2.75) is 0 Å². The van der Waals surface area contributed by atoms with Gasteiger partial charge in [-0.2, -0.15) is 0 Å². The molecule has 0 spiro atoms. The van der Waals surface area contributed by atoms with Crippen LogP contribution in [-0.4, -0.2) is 9.55 Å². The second-order valence-corrected chi connectivity index (χ2v) is 5.58. The van der Waals surface area contributed by atoms with Crippen LogP contribution in [0.1, 0.15) is 0 Å². The summed E-state index contributed by atoms with van der Waals surface area (Å²) in [5.74, 6) is -0.179. The fraction of sp³-hybridized carbons (Fsp3) is 0. The van der Waals surface area contributed by atoms with Gasteiger partial charge in [-0.05, 0) is 40.8 Å². The number of aromatic nitrogens is 2. The third-order valence-electron chi connectivity index (χ3n) is 2.82. The molecule has 3 aromatic rings. The van der Waals surface area contributed by atoms with Crippen molar-refractivity contribution in [1.29, 1.82) is 0 Å². The first-order chi connectivity index (χ1) is 9.08. The van der Waals surface area contributed by atoms with E-state index in [0.29, 0.717) is 17.0 Å². The Morgan fingerprint density at radius 2 is 2.00 bits per heavy atom. The second kappa shape index (κ2) is 4.64. The van der Waals surface area contributed by atoms with Crippen molar-refractivity contribution in [3.05, 3.63) is 50.8 Å². The summed E-state index contributed by atoms with van der Waals surface area (Å²) < 4.78 is 16.4. The van der Waals surface area contributed by atoms with Gasteiger partial charge in [0.05, 0.1) is 21.7 Å². The molecule has 3 rings (SSSR count). The van der Waals surface area contributed by atoms with Gasteiger partial charge in [0, 0.05) is 9.64 Å². The van der Waals surface area contributed by atoms with Gasteiger partial charge >= 0.3 is 0 Å². The van der Waals surface area contributed by atoms with Gasteiger partial charge in [-0.3, -0.25) is 4.57 Å². The van der Waals surface area contributed by atoms with Crippen LogP contribution in [-0.2, 0) is 0 Å². The summed E-state index contributed by atoms with van der Waals surface area (Å²) >= 11 is 7.96. The number of hydrogen-bond donors (Lipinski definition) is 1. The number of nitrogens with two attached hydrogens (primary N) is 1. The first-order valence-corrected chi connectivity index (χ1v) is 6.91. The first kappa shape index (κ1) is 12.7. The standard InChI is InChI=1S/C13H8ClFIN3/c14-7-5-10-12(6-8(7)15)19(13(17)18-10)11-4-2-1-3-9(11)16/h1-6H,(H2,17,18). The van der Waals surface area contributed by atoms with Gasteiger partial charge in [-0.1, -0.05) is 23.7 Å². The van der Waals surface area contributed by atoms with Crippen LogP contribution in [0.5, 0.6) is 0 Å². The molecule has 1 aromatic heterocycles. The number of nitrogens with zero attached hydrogens (tertiary/aromatic N) is 2. The zero-order valence-electron chi connectivity index (χ0n) is 9.57. The van der Waals surface area contributed by atoms with E-state index < -0.39 is 5.82 Å². The van der Waals surface area contributed by atoms with Crippen LogP contribution in [0.15, 0.2) is 36.4 Å². The molecule has 0 fully saturated rings. The molecule has 6 heteroatoms. The minimum absolute atomic E-state index is 0.0416. The molecule has 96 valence electrons. The first-order valence-electron chi connectivity index (χ1n) is 5.46. The molecule has 0 bridgehead atoms. The Balaban J connectivity index is 2.38. The largest absolute Gasteiger partial charge is 0.369 e. The molecule has 0 atom stereocenters. The second-order valence-electron chi connectivity index (χ2n) is 4.01. The van der Waals surface area contributed by atoms with Crippen LogP contribution < -0.4 is 5.73 Å². The molecule has 2 N–H and O–H groups in total. The van der Waals surface area contributed by atoms with Crippen LogP contribution in [0.3, 0.4) is 0 Å². The average molecular weight is 388 g/mol. The van der Waals surface area contributed by atoms with Gasteiger partial charge in [0.15, 0.2) is 0 Å². The van der Waals surface area contributed by atoms with E-state index in [4.69, 9.17) is 17.3 Å². The van der Waals surface area contributed by atoms with E-state index in [9.17, 15) is 4.39 Å². The molecule has 0 radical (unpaired) electrons. The third kappa shape index (κ3) is 2.06. The summed E-state index contributed by atoms with van der Waals surface area (Å²) in [6.45, 7) is 0. The van der Waals surface area contributed by atoms with Gasteiger partial charge in [-0.15, -0.1) is 0 Å². The molecule has 0 saturated heterocycles. The van der Waals surface area contributed by atoms with Crippen molar-refractivity contribution >= 4 is 51.2 Å². The highest BCUT2D eigenvalue weighted by atomic mass is 127. The molecule has 0 aliphatic heterocycles. The third-order valence-corrected chi connectivity index (χ3v) is 4.02. The fourth-order valence-electron chi connectivity index (χ4n) is 1.98. The molecule has 0 saturated carbocycles. The zero-order chi connectivity index (χ0) is 13.6. The number of para-hydroxylation sites is 1. The molecule has 0 unspecified atom stereocenters. The molecule has 0 amide bonds. The van der Waals surface area contributed by atoms with Crippen LogP contribution in [0.4, 0.5) is 10.3 Å².